The maximum atomic E-state index is 13.6. The summed E-state index contributed by atoms with van der Waals surface area (Å²) in [6.45, 7) is 2.58. The van der Waals surface area contributed by atoms with Gasteiger partial charge in [0.05, 0.1) is 27.0 Å². The van der Waals surface area contributed by atoms with Crippen LogP contribution in [0.1, 0.15) is 27.9 Å². The van der Waals surface area contributed by atoms with E-state index in [0.717, 1.165) is 32.4 Å². The fourth-order valence-electron chi connectivity index (χ4n) is 3.47. The van der Waals surface area contributed by atoms with E-state index in [-0.39, 0.29) is 5.91 Å². The normalized spacial score (nSPS) is 11.2. The number of hydrogen-bond acceptors (Lipinski definition) is 5. The summed E-state index contributed by atoms with van der Waals surface area (Å²) >= 11 is 2.98. The summed E-state index contributed by atoms with van der Waals surface area (Å²) in [7, 11) is 0. The van der Waals surface area contributed by atoms with Gasteiger partial charge < -0.3 is 0 Å². The van der Waals surface area contributed by atoms with Gasteiger partial charge in [-0.2, -0.15) is 0 Å². The molecule has 6 heteroatoms. The predicted octanol–water partition coefficient (Wildman–Crippen LogP) is 6.32. The maximum Gasteiger partial charge on any atom is 0.289 e. The summed E-state index contributed by atoms with van der Waals surface area (Å²) in [5, 5.41) is 1.20. The largest absolute Gasteiger partial charge is 0.289 e. The molecule has 5 rings (SSSR count). The molecule has 30 heavy (non-hydrogen) atoms. The number of thiazole rings is 2. The highest BCUT2D eigenvalue weighted by molar-refractivity contribution is 7.23. The van der Waals surface area contributed by atoms with E-state index in [0.29, 0.717) is 16.7 Å². The topological polar surface area (TPSA) is 46.1 Å². The lowest BCUT2D eigenvalue weighted by molar-refractivity contribution is 0.0985. The third-order valence-corrected chi connectivity index (χ3v) is 7.08. The zero-order chi connectivity index (χ0) is 20.5. The van der Waals surface area contributed by atoms with Gasteiger partial charge in [0.2, 0.25) is 0 Å². The molecular formula is C24H19N3OS2. The highest BCUT2D eigenvalue weighted by atomic mass is 32.1. The molecule has 0 N–H and O–H groups in total. The van der Waals surface area contributed by atoms with Gasteiger partial charge in [-0.15, -0.1) is 11.3 Å². The minimum absolute atomic E-state index is 0.114. The summed E-state index contributed by atoms with van der Waals surface area (Å²) in [4.78, 5) is 24.8. The van der Waals surface area contributed by atoms with Crippen LogP contribution in [0.15, 0.2) is 72.8 Å². The van der Waals surface area contributed by atoms with Crippen LogP contribution in [0.25, 0.3) is 20.4 Å². The van der Waals surface area contributed by atoms with Gasteiger partial charge >= 0.3 is 0 Å². The fraction of sp³-hybridized carbons (Fsp3) is 0.125. The van der Waals surface area contributed by atoms with Crippen LogP contribution in [-0.2, 0) is 13.0 Å². The molecule has 0 fully saturated rings. The Hall–Kier alpha value is -3.09. The number of rotatable bonds is 5. The molecule has 0 radical (unpaired) electrons. The number of anilines is 1. The van der Waals surface area contributed by atoms with Crippen molar-refractivity contribution in [3.63, 3.8) is 0 Å². The molecule has 148 valence electrons. The molecule has 0 unspecified atom stereocenters. The van der Waals surface area contributed by atoms with Crippen LogP contribution in [0.4, 0.5) is 5.13 Å². The number of carbonyl (C=O) groups excluding carboxylic acids is 1. The van der Waals surface area contributed by atoms with Crippen molar-refractivity contribution < 1.29 is 4.79 Å². The van der Waals surface area contributed by atoms with Crippen molar-refractivity contribution in [3.8, 4) is 0 Å². The molecule has 0 spiro atoms. The second-order valence-corrected chi connectivity index (χ2v) is 9.02. The van der Waals surface area contributed by atoms with Crippen molar-refractivity contribution in [1.82, 2.24) is 9.97 Å². The fourth-order valence-corrected chi connectivity index (χ4v) is 5.39. The summed E-state index contributed by atoms with van der Waals surface area (Å²) in [6.07, 6.45) is 0.908. The first kappa shape index (κ1) is 18.9. The van der Waals surface area contributed by atoms with Crippen LogP contribution < -0.4 is 4.90 Å². The van der Waals surface area contributed by atoms with Gasteiger partial charge in [-0.1, -0.05) is 72.9 Å². The van der Waals surface area contributed by atoms with E-state index < -0.39 is 0 Å². The summed E-state index contributed by atoms with van der Waals surface area (Å²) in [5.74, 6) is -0.114. The molecule has 4 nitrogen and oxygen atoms in total. The number of carbonyl (C=O) groups is 1. The van der Waals surface area contributed by atoms with Crippen LogP contribution in [0.2, 0.25) is 0 Å². The third-order valence-electron chi connectivity index (χ3n) is 5.01. The standard InChI is InChI=1S/C24H19N3OS2/c1-2-17-11-8-14-20-21(17)26-24(30-20)27(15-16-9-4-3-5-10-16)23(28)22-25-18-12-6-7-13-19(18)29-22/h3-14H,2,15H2,1H3. The van der Waals surface area contributed by atoms with E-state index in [1.54, 1.807) is 16.2 Å². The summed E-state index contributed by atoms with van der Waals surface area (Å²) < 4.78 is 2.11. The molecular weight excluding hydrogens is 410 g/mol. The number of aryl methyl sites for hydroxylation is 1. The average Bonchev–Trinajstić information content (AvgIpc) is 3.41. The van der Waals surface area contributed by atoms with Gasteiger partial charge in [-0.05, 0) is 35.7 Å². The van der Waals surface area contributed by atoms with Crippen molar-refractivity contribution in [1.29, 1.82) is 0 Å². The van der Waals surface area contributed by atoms with Crippen LogP contribution in [-0.4, -0.2) is 15.9 Å². The highest BCUT2D eigenvalue weighted by Gasteiger charge is 2.25. The predicted molar refractivity (Wildman–Crippen MR) is 126 cm³/mol. The molecule has 0 bridgehead atoms. The lowest BCUT2D eigenvalue weighted by atomic mass is 10.1. The molecule has 2 aromatic heterocycles. The van der Waals surface area contributed by atoms with E-state index in [1.165, 1.54) is 16.9 Å². The monoisotopic (exact) mass is 429 g/mol. The van der Waals surface area contributed by atoms with Crippen molar-refractivity contribution in [2.75, 3.05) is 4.90 Å². The number of amides is 1. The van der Waals surface area contributed by atoms with Gasteiger partial charge in [-0.25, -0.2) is 9.97 Å². The van der Waals surface area contributed by atoms with E-state index in [1.807, 2.05) is 54.6 Å². The first-order valence-electron chi connectivity index (χ1n) is 9.82. The van der Waals surface area contributed by atoms with Crippen LogP contribution >= 0.6 is 22.7 Å². The van der Waals surface area contributed by atoms with Crippen LogP contribution in [0.5, 0.6) is 0 Å². The highest BCUT2D eigenvalue weighted by Crippen LogP contribution is 2.33. The maximum absolute atomic E-state index is 13.6. The van der Waals surface area contributed by atoms with Gasteiger partial charge in [0.15, 0.2) is 10.1 Å². The molecule has 2 heterocycles. The first-order valence-corrected chi connectivity index (χ1v) is 11.5. The Morgan fingerprint density at radius 3 is 2.43 bits per heavy atom. The number of nitrogens with zero attached hydrogens (tertiary/aromatic N) is 3. The average molecular weight is 430 g/mol. The zero-order valence-corrected chi connectivity index (χ0v) is 18.0. The summed E-state index contributed by atoms with van der Waals surface area (Å²) in [6, 6.07) is 24.1. The Kier molecular flexibility index (Phi) is 5.02. The molecule has 1 amide bonds. The first-order chi connectivity index (χ1) is 14.7. The zero-order valence-electron chi connectivity index (χ0n) is 16.4. The second-order valence-electron chi connectivity index (χ2n) is 6.98. The van der Waals surface area contributed by atoms with Gasteiger partial charge in [0, 0.05) is 0 Å². The number of aromatic nitrogens is 2. The molecule has 3 aromatic carbocycles. The summed E-state index contributed by atoms with van der Waals surface area (Å²) in [5.41, 5.74) is 4.09. The number of para-hydroxylation sites is 2. The minimum atomic E-state index is -0.114. The smallest absolute Gasteiger partial charge is 0.277 e. The van der Waals surface area contributed by atoms with Crippen molar-refractivity contribution in [3.05, 3.63) is 88.9 Å². The molecule has 5 aromatic rings. The van der Waals surface area contributed by atoms with Crippen molar-refractivity contribution in [2.45, 2.75) is 19.9 Å². The quantitative estimate of drug-likeness (QED) is 0.329. The van der Waals surface area contributed by atoms with Gasteiger partial charge in [0.1, 0.15) is 0 Å². The molecule has 0 aliphatic carbocycles. The Morgan fingerprint density at radius 1 is 0.867 bits per heavy atom. The number of benzene rings is 3. The minimum Gasteiger partial charge on any atom is -0.277 e. The van der Waals surface area contributed by atoms with Crippen LogP contribution in [0.3, 0.4) is 0 Å². The lowest BCUT2D eigenvalue weighted by Gasteiger charge is -2.18. The lowest BCUT2D eigenvalue weighted by Crippen LogP contribution is -2.30. The van der Waals surface area contributed by atoms with Crippen LogP contribution in [0, 0.1) is 0 Å². The second kappa shape index (κ2) is 7.97. The molecule has 0 saturated heterocycles. The molecule has 0 saturated carbocycles. The van der Waals surface area contributed by atoms with Crippen molar-refractivity contribution >= 4 is 54.1 Å². The Balaban J connectivity index is 1.60. The molecule has 0 aliphatic rings. The van der Waals surface area contributed by atoms with E-state index >= 15 is 0 Å². The Bertz CT molecular complexity index is 1310. The third kappa shape index (κ3) is 3.49. The Morgan fingerprint density at radius 2 is 1.63 bits per heavy atom. The van der Waals surface area contributed by atoms with Gasteiger partial charge in [-0.3, -0.25) is 9.69 Å². The number of hydrogen-bond donors (Lipinski definition) is 0. The van der Waals surface area contributed by atoms with Crippen molar-refractivity contribution in [2.24, 2.45) is 0 Å². The van der Waals surface area contributed by atoms with E-state index in [4.69, 9.17) is 4.98 Å². The van der Waals surface area contributed by atoms with E-state index in [2.05, 4.69) is 30.1 Å². The van der Waals surface area contributed by atoms with E-state index in [9.17, 15) is 4.79 Å². The number of fused-ring (bicyclic) bond motifs is 2. The SMILES string of the molecule is CCc1cccc2sc(N(Cc3ccccc3)C(=O)c3nc4ccccc4s3)nc12. The molecule has 0 aliphatic heterocycles. The Labute approximate surface area is 182 Å². The van der Waals surface area contributed by atoms with Gasteiger partial charge in [0.25, 0.3) is 5.91 Å². The molecule has 0 atom stereocenters.